The Kier molecular flexibility index (Phi) is 4.94. The van der Waals surface area contributed by atoms with Crippen molar-refractivity contribution in [2.24, 2.45) is 0 Å². The van der Waals surface area contributed by atoms with Gasteiger partial charge < -0.3 is 15.0 Å². The van der Waals surface area contributed by atoms with E-state index in [4.69, 9.17) is 16.3 Å². The number of carbonyl (C=O) groups excluding carboxylic acids is 1. The predicted molar refractivity (Wildman–Crippen MR) is 80.5 cm³/mol. The van der Waals surface area contributed by atoms with E-state index in [2.05, 4.69) is 15.3 Å². The van der Waals surface area contributed by atoms with Gasteiger partial charge in [0.1, 0.15) is 0 Å². The van der Waals surface area contributed by atoms with Crippen LogP contribution in [0.25, 0.3) is 0 Å². The molecule has 0 aliphatic carbocycles. The van der Waals surface area contributed by atoms with Gasteiger partial charge in [-0.1, -0.05) is 17.7 Å². The third kappa shape index (κ3) is 3.82. The van der Waals surface area contributed by atoms with Gasteiger partial charge in [0.15, 0.2) is 5.75 Å². The summed E-state index contributed by atoms with van der Waals surface area (Å²) < 4.78 is 5.19. The Morgan fingerprint density at radius 3 is 2.90 bits per heavy atom. The molecule has 0 bridgehead atoms. The van der Waals surface area contributed by atoms with Gasteiger partial charge in [-0.05, 0) is 12.1 Å². The minimum Gasteiger partial charge on any atom is -0.493 e. The molecule has 2 rings (SSSR count). The number of amides is 2. The lowest BCUT2D eigenvalue weighted by molar-refractivity contribution is 0.220. The molecular formula is C14H15ClN4O2. The van der Waals surface area contributed by atoms with E-state index in [1.165, 1.54) is 12.0 Å². The fraction of sp³-hybridized carbons (Fsp3) is 0.214. The lowest BCUT2D eigenvalue weighted by atomic mass is 10.3. The Morgan fingerprint density at radius 1 is 1.43 bits per heavy atom. The summed E-state index contributed by atoms with van der Waals surface area (Å²) in [4.78, 5) is 21.7. The number of halogens is 1. The maximum absolute atomic E-state index is 12.2. The van der Waals surface area contributed by atoms with Crippen LogP contribution < -0.4 is 10.1 Å². The molecular weight excluding hydrogens is 292 g/mol. The average molecular weight is 307 g/mol. The highest BCUT2D eigenvalue weighted by molar-refractivity contribution is 6.32. The maximum atomic E-state index is 12.2. The lowest BCUT2D eigenvalue weighted by Crippen LogP contribution is -2.31. The van der Waals surface area contributed by atoms with Crippen molar-refractivity contribution in [3.8, 4) is 5.75 Å². The summed E-state index contributed by atoms with van der Waals surface area (Å²) in [7, 11) is 3.17. The number of urea groups is 1. The van der Waals surface area contributed by atoms with E-state index >= 15 is 0 Å². The van der Waals surface area contributed by atoms with Crippen molar-refractivity contribution >= 4 is 23.3 Å². The van der Waals surface area contributed by atoms with E-state index in [1.54, 1.807) is 43.8 Å². The summed E-state index contributed by atoms with van der Waals surface area (Å²) in [6.45, 7) is 0.350. The number of para-hydroxylation sites is 1. The highest BCUT2D eigenvalue weighted by atomic mass is 35.5. The monoisotopic (exact) mass is 306 g/mol. The van der Waals surface area contributed by atoms with Gasteiger partial charge in [0.25, 0.3) is 0 Å². The molecule has 6 nitrogen and oxygen atoms in total. The molecule has 0 aliphatic heterocycles. The number of nitrogens with one attached hydrogen (secondary N) is 1. The molecule has 0 unspecified atom stereocenters. The first kappa shape index (κ1) is 15.1. The maximum Gasteiger partial charge on any atom is 0.322 e. The molecule has 7 heteroatoms. The second kappa shape index (κ2) is 6.90. The van der Waals surface area contributed by atoms with E-state index < -0.39 is 0 Å². The van der Waals surface area contributed by atoms with Crippen LogP contribution in [0.15, 0.2) is 36.8 Å². The number of ether oxygens (including phenoxy) is 1. The van der Waals surface area contributed by atoms with Gasteiger partial charge in [-0.3, -0.25) is 9.97 Å². The number of nitrogens with zero attached hydrogens (tertiary/aromatic N) is 3. The molecule has 21 heavy (non-hydrogen) atoms. The number of hydrogen-bond acceptors (Lipinski definition) is 4. The third-order valence-corrected chi connectivity index (χ3v) is 3.07. The highest BCUT2D eigenvalue weighted by Crippen LogP contribution is 2.32. The Bertz CT molecular complexity index is 622. The number of benzene rings is 1. The molecule has 0 spiro atoms. The molecule has 0 fully saturated rings. The zero-order valence-corrected chi connectivity index (χ0v) is 12.5. The number of aromatic nitrogens is 2. The number of rotatable bonds is 4. The van der Waals surface area contributed by atoms with Crippen molar-refractivity contribution in [3.05, 3.63) is 47.5 Å². The zero-order chi connectivity index (χ0) is 15.2. The van der Waals surface area contributed by atoms with E-state index in [0.717, 1.165) is 0 Å². The third-order valence-electron chi connectivity index (χ3n) is 2.78. The largest absolute Gasteiger partial charge is 0.493 e. The van der Waals surface area contributed by atoms with Crippen LogP contribution in [0, 0.1) is 0 Å². The van der Waals surface area contributed by atoms with Crippen LogP contribution in [0.3, 0.4) is 0 Å². The molecule has 0 radical (unpaired) electrons. The summed E-state index contributed by atoms with van der Waals surface area (Å²) in [6.07, 6.45) is 4.78. The fourth-order valence-electron chi connectivity index (χ4n) is 1.75. The van der Waals surface area contributed by atoms with Crippen LogP contribution in [-0.4, -0.2) is 35.1 Å². The van der Waals surface area contributed by atoms with Crippen LogP contribution in [0.1, 0.15) is 5.69 Å². The molecule has 1 aromatic heterocycles. The van der Waals surface area contributed by atoms with Gasteiger partial charge in [-0.25, -0.2) is 4.79 Å². The standard InChI is InChI=1S/C14H15ClN4O2/c1-19(9-10-8-16-6-7-17-10)14(20)18-12-5-3-4-11(15)13(12)21-2/h3-8H,9H2,1-2H3,(H,18,20). The molecule has 2 amide bonds. The number of methoxy groups -OCH3 is 1. The first-order chi connectivity index (χ1) is 10.1. The zero-order valence-electron chi connectivity index (χ0n) is 11.7. The normalized spacial score (nSPS) is 10.0. The molecule has 1 aromatic carbocycles. The second-order valence-electron chi connectivity index (χ2n) is 4.30. The van der Waals surface area contributed by atoms with Crippen molar-refractivity contribution in [2.45, 2.75) is 6.54 Å². The Morgan fingerprint density at radius 2 is 2.24 bits per heavy atom. The topological polar surface area (TPSA) is 67.3 Å². The summed E-state index contributed by atoms with van der Waals surface area (Å²) in [5.41, 5.74) is 1.22. The van der Waals surface area contributed by atoms with E-state index in [-0.39, 0.29) is 6.03 Å². The Balaban J connectivity index is 2.06. The quantitative estimate of drug-likeness (QED) is 0.943. The molecule has 0 aliphatic rings. The molecule has 0 atom stereocenters. The Hall–Kier alpha value is -2.34. The van der Waals surface area contributed by atoms with E-state index in [9.17, 15) is 4.79 Å². The molecule has 110 valence electrons. The van der Waals surface area contributed by atoms with Crippen LogP contribution in [0.2, 0.25) is 5.02 Å². The minimum absolute atomic E-state index is 0.291. The van der Waals surface area contributed by atoms with Crippen LogP contribution in [0.4, 0.5) is 10.5 Å². The number of anilines is 1. The minimum atomic E-state index is -0.291. The fourth-order valence-corrected chi connectivity index (χ4v) is 2.00. The average Bonchev–Trinajstić information content (AvgIpc) is 2.48. The number of carbonyl (C=O) groups is 1. The van der Waals surface area contributed by atoms with Crippen molar-refractivity contribution < 1.29 is 9.53 Å². The van der Waals surface area contributed by atoms with Gasteiger partial charge >= 0.3 is 6.03 Å². The van der Waals surface area contributed by atoms with Crippen molar-refractivity contribution in [1.29, 1.82) is 0 Å². The van der Waals surface area contributed by atoms with Gasteiger partial charge in [-0.2, -0.15) is 0 Å². The van der Waals surface area contributed by atoms with Gasteiger partial charge in [0.05, 0.1) is 36.3 Å². The van der Waals surface area contributed by atoms with Crippen molar-refractivity contribution in [2.75, 3.05) is 19.5 Å². The first-order valence-corrected chi connectivity index (χ1v) is 6.59. The highest BCUT2D eigenvalue weighted by Gasteiger charge is 2.14. The summed E-state index contributed by atoms with van der Waals surface area (Å²) in [6, 6.07) is 4.86. The molecule has 1 N–H and O–H groups in total. The summed E-state index contributed by atoms with van der Waals surface area (Å²) in [5.74, 6) is 0.431. The van der Waals surface area contributed by atoms with E-state index in [1.807, 2.05) is 0 Å². The predicted octanol–water partition coefficient (Wildman–Crippen LogP) is 2.80. The van der Waals surface area contributed by atoms with E-state index in [0.29, 0.717) is 28.7 Å². The van der Waals surface area contributed by atoms with Crippen molar-refractivity contribution in [1.82, 2.24) is 14.9 Å². The van der Waals surface area contributed by atoms with Gasteiger partial charge in [-0.15, -0.1) is 0 Å². The van der Waals surface area contributed by atoms with Crippen LogP contribution in [-0.2, 0) is 6.54 Å². The summed E-state index contributed by atoms with van der Waals surface area (Å²) >= 11 is 6.01. The second-order valence-corrected chi connectivity index (χ2v) is 4.71. The smallest absolute Gasteiger partial charge is 0.322 e. The Labute approximate surface area is 127 Å². The van der Waals surface area contributed by atoms with Crippen LogP contribution >= 0.6 is 11.6 Å². The van der Waals surface area contributed by atoms with Gasteiger partial charge in [0, 0.05) is 19.4 Å². The molecule has 0 saturated carbocycles. The lowest BCUT2D eigenvalue weighted by Gasteiger charge is -2.18. The van der Waals surface area contributed by atoms with Crippen molar-refractivity contribution in [3.63, 3.8) is 0 Å². The molecule has 0 saturated heterocycles. The van der Waals surface area contributed by atoms with Gasteiger partial charge in [0.2, 0.25) is 0 Å². The summed E-state index contributed by atoms with van der Waals surface area (Å²) in [5, 5.41) is 3.19. The molecule has 1 heterocycles. The molecule has 2 aromatic rings. The number of hydrogen-bond donors (Lipinski definition) is 1. The SMILES string of the molecule is COc1c(Cl)cccc1NC(=O)N(C)Cc1cnccn1. The first-order valence-electron chi connectivity index (χ1n) is 6.21. The van der Waals surface area contributed by atoms with Crippen LogP contribution in [0.5, 0.6) is 5.75 Å².